The number of carbonyl (C=O) groups is 2. The van der Waals surface area contributed by atoms with E-state index in [9.17, 15) is 14.0 Å². The van der Waals surface area contributed by atoms with Crippen molar-refractivity contribution >= 4 is 29.4 Å². The van der Waals surface area contributed by atoms with E-state index in [0.29, 0.717) is 21.9 Å². The molecule has 0 aliphatic heterocycles. The van der Waals surface area contributed by atoms with Gasteiger partial charge in [-0.25, -0.2) is 14.6 Å². The summed E-state index contributed by atoms with van der Waals surface area (Å²) in [5.41, 5.74) is 3.03. The number of hydrogen-bond donors (Lipinski definition) is 1. The third-order valence-electron chi connectivity index (χ3n) is 3.40. The Morgan fingerprint density at radius 2 is 1.75 bits per heavy atom. The third-order valence-corrected chi connectivity index (χ3v) is 4.25. The first-order chi connectivity index (χ1) is 13.6. The van der Waals surface area contributed by atoms with Gasteiger partial charge in [0.05, 0.1) is 6.21 Å². The van der Waals surface area contributed by atoms with Gasteiger partial charge >= 0.3 is 5.97 Å². The summed E-state index contributed by atoms with van der Waals surface area (Å²) in [5.74, 6) is -0.457. The number of esters is 1. The topological polar surface area (TPSA) is 77.0 Å². The van der Waals surface area contributed by atoms with E-state index in [0.717, 1.165) is 0 Å². The molecule has 0 saturated carbocycles. The number of nitrogens with one attached hydrogen (secondary N) is 1. The molecule has 0 bridgehead atoms. The Kier molecular flexibility index (Phi) is 6.48. The van der Waals surface area contributed by atoms with Crippen molar-refractivity contribution in [3.05, 3.63) is 82.3 Å². The summed E-state index contributed by atoms with van der Waals surface area (Å²) in [6, 6.07) is 15.5. The highest BCUT2D eigenvalue weighted by Gasteiger charge is 2.09. The normalized spacial score (nSPS) is 10.6. The third kappa shape index (κ3) is 5.75. The first kappa shape index (κ1) is 19.2. The van der Waals surface area contributed by atoms with Crippen molar-refractivity contribution in [2.45, 2.75) is 0 Å². The molecule has 1 N–H and O–H groups in total. The summed E-state index contributed by atoms with van der Waals surface area (Å²) in [6.45, 7) is -0.249. The fourth-order valence-corrected chi connectivity index (χ4v) is 2.66. The van der Waals surface area contributed by atoms with Crippen LogP contribution in [-0.2, 0) is 4.79 Å². The van der Waals surface area contributed by atoms with E-state index in [1.54, 1.807) is 41.8 Å². The number of hydrogen-bond acceptors (Lipinski definition) is 6. The number of thiophene rings is 1. The van der Waals surface area contributed by atoms with E-state index < -0.39 is 11.9 Å². The highest BCUT2D eigenvalue weighted by atomic mass is 32.1. The van der Waals surface area contributed by atoms with Crippen molar-refractivity contribution < 1.29 is 23.5 Å². The van der Waals surface area contributed by atoms with Crippen molar-refractivity contribution in [3.8, 4) is 11.5 Å². The molecule has 1 amide bonds. The Morgan fingerprint density at radius 3 is 2.43 bits per heavy atom. The quantitative estimate of drug-likeness (QED) is 0.285. The number of halogens is 1. The molecule has 8 heteroatoms. The maximum atomic E-state index is 12.8. The fraction of sp³-hybridized carbons (Fsp3) is 0.0500. The summed E-state index contributed by atoms with van der Waals surface area (Å²) in [4.78, 5) is 24.1. The Bertz CT molecular complexity index is 955. The van der Waals surface area contributed by atoms with Crippen molar-refractivity contribution in [2.24, 2.45) is 5.10 Å². The molecule has 0 atom stereocenters. The van der Waals surface area contributed by atoms with Gasteiger partial charge in [0, 0.05) is 0 Å². The van der Waals surface area contributed by atoms with Gasteiger partial charge in [-0.3, -0.25) is 4.79 Å². The summed E-state index contributed by atoms with van der Waals surface area (Å²) in [7, 11) is 0. The molecule has 3 rings (SSSR count). The predicted molar refractivity (Wildman–Crippen MR) is 103 cm³/mol. The van der Waals surface area contributed by atoms with Crippen LogP contribution in [0.15, 0.2) is 71.1 Å². The zero-order valence-corrected chi connectivity index (χ0v) is 15.3. The lowest BCUT2D eigenvalue weighted by atomic mass is 10.2. The number of ether oxygens (including phenoxy) is 2. The smallest absolute Gasteiger partial charge is 0.353 e. The molecule has 6 nitrogen and oxygen atoms in total. The van der Waals surface area contributed by atoms with E-state index in [-0.39, 0.29) is 12.4 Å². The SMILES string of the molecule is O=C(COc1ccc(F)cc1)N/N=C\c1ccc(OC(=O)c2cccs2)cc1. The lowest BCUT2D eigenvalue weighted by Gasteiger charge is -2.04. The Balaban J connectivity index is 1.44. The fourth-order valence-electron chi connectivity index (χ4n) is 2.06. The summed E-state index contributed by atoms with van der Waals surface area (Å²) < 4.78 is 23.3. The highest BCUT2D eigenvalue weighted by molar-refractivity contribution is 7.12. The number of hydrazone groups is 1. The maximum absolute atomic E-state index is 12.8. The van der Waals surface area contributed by atoms with Gasteiger partial charge < -0.3 is 9.47 Å². The molecule has 0 unspecified atom stereocenters. The Hall–Kier alpha value is -3.52. The second-order valence-corrected chi connectivity index (χ2v) is 6.42. The summed E-state index contributed by atoms with van der Waals surface area (Å²) in [5, 5.41) is 5.63. The van der Waals surface area contributed by atoms with E-state index >= 15 is 0 Å². The van der Waals surface area contributed by atoms with Crippen LogP contribution in [0.3, 0.4) is 0 Å². The van der Waals surface area contributed by atoms with Gasteiger partial charge in [-0.2, -0.15) is 5.10 Å². The lowest BCUT2D eigenvalue weighted by Crippen LogP contribution is -2.24. The van der Waals surface area contributed by atoms with Crippen LogP contribution in [0.4, 0.5) is 4.39 Å². The molecule has 0 fully saturated rings. The van der Waals surface area contributed by atoms with E-state index in [4.69, 9.17) is 9.47 Å². The molecule has 142 valence electrons. The van der Waals surface area contributed by atoms with Gasteiger partial charge in [0.2, 0.25) is 0 Å². The van der Waals surface area contributed by atoms with Crippen LogP contribution in [0.1, 0.15) is 15.2 Å². The van der Waals surface area contributed by atoms with E-state index in [2.05, 4.69) is 10.5 Å². The first-order valence-corrected chi connectivity index (χ1v) is 9.04. The minimum atomic E-state index is -0.456. The molecule has 1 aromatic heterocycles. The molecule has 0 radical (unpaired) electrons. The Labute approximate surface area is 164 Å². The maximum Gasteiger partial charge on any atom is 0.353 e. The van der Waals surface area contributed by atoms with Crippen LogP contribution in [0.2, 0.25) is 0 Å². The molecule has 28 heavy (non-hydrogen) atoms. The average Bonchev–Trinajstić information content (AvgIpc) is 3.24. The van der Waals surface area contributed by atoms with Crippen LogP contribution < -0.4 is 14.9 Å². The molecule has 0 aliphatic carbocycles. The number of benzene rings is 2. The summed E-state index contributed by atoms with van der Waals surface area (Å²) in [6.07, 6.45) is 1.45. The van der Waals surface area contributed by atoms with Gasteiger partial charge in [-0.15, -0.1) is 11.3 Å². The molecular weight excluding hydrogens is 383 g/mol. The van der Waals surface area contributed by atoms with Gasteiger partial charge in [0.25, 0.3) is 5.91 Å². The number of nitrogens with zero attached hydrogens (tertiary/aromatic N) is 1. The number of rotatable bonds is 7. The zero-order valence-electron chi connectivity index (χ0n) is 14.5. The minimum Gasteiger partial charge on any atom is -0.484 e. The molecule has 2 aromatic carbocycles. The van der Waals surface area contributed by atoms with E-state index in [1.165, 1.54) is 41.8 Å². The first-order valence-electron chi connectivity index (χ1n) is 8.16. The molecule has 3 aromatic rings. The standard InChI is InChI=1S/C20H15FN2O4S/c21-15-5-9-16(10-6-15)26-13-19(24)23-22-12-14-3-7-17(8-4-14)27-20(25)18-2-1-11-28-18/h1-12H,13H2,(H,23,24)/b22-12-. The van der Waals surface area contributed by atoms with Gasteiger partial charge in [-0.05, 0) is 65.5 Å². The van der Waals surface area contributed by atoms with Gasteiger partial charge in [-0.1, -0.05) is 6.07 Å². The molecule has 0 saturated heterocycles. The van der Waals surface area contributed by atoms with Crippen LogP contribution >= 0.6 is 11.3 Å². The second kappa shape index (κ2) is 9.43. The van der Waals surface area contributed by atoms with Crippen molar-refractivity contribution in [1.82, 2.24) is 5.43 Å². The molecular formula is C20H15FN2O4S. The number of carbonyl (C=O) groups excluding carboxylic acids is 2. The molecule has 1 heterocycles. The zero-order chi connectivity index (χ0) is 19.8. The monoisotopic (exact) mass is 398 g/mol. The molecule has 0 spiro atoms. The summed E-state index contributed by atoms with van der Waals surface area (Å²) >= 11 is 1.31. The van der Waals surface area contributed by atoms with Crippen LogP contribution in [-0.4, -0.2) is 24.7 Å². The lowest BCUT2D eigenvalue weighted by molar-refractivity contribution is -0.123. The van der Waals surface area contributed by atoms with Crippen molar-refractivity contribution in [2.75, 3.05) is 6.61 Å². The largest absolute Gasteiger partial charge is 0.484 e. The van der Waals surface area contributed by atoms with E-state index in [1.807, 2.05) is 0 Å². The van der Waals surface area contributed by atoms with Crippen LogP contribution in [0.25, 0.3) is 0 Å². The van der Waals surface area contributed by atoms with Crippen LogP contribution in [0.5, 0.6) is 11.5 Å². The number of amides is 1. The minimum absolute atomic E-state index is 0.249. The van der Waals surface area contributed by atoms with Gasteiger partial charge in [0.15, 0.2) is 6.61 Å². The molecule has 0 aliphatic rings. The highest BCUT2D eigenvalue weighted by Crippen LogP contribution is 2.16. The van der Waals surface area contributed by atoms with Crippen molar-refractivity contribution in [1.29, 1.82) is 0 Å². The second-order valence-electron chi connectivity index (χ2n) is 5.47. The van der Waals surface area contributed by atoms with Crippen LogP contribution in [0, 0.1) is 5.82 Å². The van der Waals surface area contributed by atoms with Crippen molar-refractivity contribution in [3.63, 3.8) is 0 Å². The predicted octanol–water partition coefficient (Wildman–Crippen LogP) is 3.64. The average molecular weight is 398 g/mol. The van der Waals surface area contributed by atoms with Gasteiger partial charge in [0.1, 0.15) is 22.2 Å². The Morgan fingerprint density at radius 1 is 1.04 bits per heavy atom.